The first kappa shape index (κ1) is 24.1. The molecule has 5 nitrogen and oxygen atoms in total. The summed E-state index contributed by atoms with van der Waals surface area (Å²) in [6, 6.07) is 27.8. The molecule has 37 heavy (non-hydrogen) atoms. The Hall–Kier alpha value is -4.59. The maximum Gasteiger partial charge on any atom is 0.416 e. The molecule has 2 aromatic heterocycles. The lowest BCUT2D eigenvalue weighted by molar-refractivity contribution is -0.137. The second-order valence-electron chi connectivity index (χ2n) is 8.48. The van der Waals surface area contributed by atoms with Crippen molar-refractivity contribution in [2.24, 2.45) is 0 Å². The van der Waals surface area contributed by atoms with Crippen molar-refractivity contribution >= 4 is 5.95 Å². The predicted molar refractivity (Wildman–Crippen MR) is 137 cm³/mol. The van der Waals surface area contributed by atoms with Gasteiger partial charge >= 0.3 is 6.18 Å². The fraction of sp³-hybridized carbons (Fsp3) is 0.103. The third-order valence-electron chi connectivity index (χ3n) is 5.90. The Labute approximate surface area is 212 Å². The molecule has 184 valence electrons. The Balaban J connectivity index is 1.60. The van der Waals surface area contributed by atoms with Gasteiger partial charge in [-0.1, -0.05) is 72.8 Å². The normalized spacial score (nSPS) is 12.2. The molecule has 0 fully saturated rings. The van der Waals surface area contributed by atoms with Crippen LogP contribution in [0.5, 0.6) is 0 Å². The Morgan fingerprint density at radius 3 is 2.16 bits per heavy atom. The Kier molecular flexibility index (Phi) is 6.64. The number of benzene rings is 3. The maximum atomic E-state index is 13.4. The Morgan fingerprint density at radius 1 is 0.730 bits per heavy atom. The fourth-order valence-electron chi connectivity index (χ4n) is 3.99. The van der Waals surface area contributed by atoms with E-state index in [1.165, 1.54) is 6.07 Å². The minimum Gasteiger partial charge on any atom is -0.348 e. The molecule has 0 spiro atoms. The van der Waals surface area contributed by atoms with Crippen LogP contribution in [0, 0.1) is 0 Å². The number of anilines is 1. The highest BCUT2D eigenvalue weighted by molar-refractivity contribution is 5.82. The van der Waals surface area contributed by atoms with Gasteiger partial charge in [-0.25, -0.2) is 9.97 Å². The Bertz CT molecular complexity index is 1510. The molecule has 0 bridgehead atoms. The standard InChI is InChI=1S/C29H22F3N5/c1-19(20-9-4-2-5-10-20)34-28-33-16-15-25(35-28)24-18-26(21-11-6-3-7-12-21)36-37-27(24)22-13-8-14-23(17-22)29(30,31)32/h2-19H,1H3,(H,33,34,35). The number of nitrogens with zero attached hydrogens (tertiary/aromatic N) is 4. The number of hydrogen-bond acceptors (Lipinski definition) is 5. The van der Waals surface area contributed by atoms with Gasteiger partial charge in [-0.05, 0) is 36.8 Å². The molecule has 0 saturated heterocycles. The zero-order valence-corrected chi connectivity index (χ0v) is 19.8. The lowest BCUT2D eigenvalue weighted by Gasteiger charge is -2.16. The molecule has 1 atom stereocenters. The quantitative estimate of drug-likeness (QED) is 0.264. The molecule has 0 saturated carbocycles. The summed E-state index contributed by atoms with van der Waals surface area (Å²) in [6.45, 7) is 2.00. The van der Waals surface area contributed by atoms with Crippen molar-refractivity contribution in [1.29, 1.82) is 0 Å². The van der Waals surface area contributed by atoms with Gasteiger partial charge in [-0.2, -0.15) is 13.2 Å². The van der Waals surface area contributed by atoms with E-state index >= 15 is 0 Å². The van der Waals surface area contributed by atoms with Crippen molar-refractivity contribution in [2.45, 2.75) is 19.1 Å². The van der Waals surface area contributed by atoms with E-state index in [1.54, 1.807) is 24.4 Å². The van der Waals surface area contributed by atoms with Crippen LogP contribution in [0.4, 0.5) is 19.1 Å². The Morgan fingerprint density at radius 2 is 1.43 bits per heavy atom. The molecule has 0 amide bonds. The van der Waals surface area contributed by atoms with Gasteiger partial charge in [0.1, 0.15) is 5.69 Å². The minimum absolute atomic E-state index is 0.0603. The summed E-state index contributed by atoms with van der Waals surface area (Å²) >= 11 is 0. The molecule has 1 N–H and O–H groups in total. The first-order chi connectivity index (χ1) is 17.9. The first-order valence-electron chi connectivity index (χ1n) is 11.6. The molecule has 0 radical (unpaired) electrons. The molecule has 0 aliphatic carbocycles. The van der Waals surface area contributed by atoms with Crippen LogP contribution in [-0.2, 0) is 6.18 Å². The van der Waals surface area contributed by atoms with E-state index in [9.17, 15) is 13.2 Å². The van der Waals surface area contributed by atoms with Crippen molar-refractivity contribution in [1.82, 2.24) is 20.2 Å². The van der Waals surface area contributed by atoms with Crippen LogP contribution in [0.15, 0.2) is 103 Å². The van der Waals surface area contributed by atoms with Crippen molar-refractivity contribution in [3.8, 4) is 33.8 Å². The average molecular weight is 498 g/mol. The van der Waals surface area contributed by atoms with Crippen molar-refractivity contribution < 1.29 is 13.2 Å². The van der Waals surface area contributed by atoms with Gasteiger partial charge in [0.15, 0.2) is 0 Å². The smallest absolute Gasteiger partial charge is 0.348 e. The van der Waals surface area contributed by atoms with Gasteiger partial charge in [-0.3, -0.25) is 0 Å². The second-order valence-corrected chi connectivity index (χ2v) is 8.48. The zero-order valence-electron chi connectivity index (χ0n) is 19.8. The average Bonchev–Trinajstić information content (AvgIpc) is 2.93. The molecule has 0 aliphatic rings. The molecule has 0 aliphatic heterocycles. The van der Waals surface area contributed by atoms with Crippen molar-refractivity contribution in [3.63, 3.8) is 0 Å². The second kappa shape index (κ2) is 10.2. The number of alkyl halides is 3. The lowest BCUT2D eigenvalue weighted by Crippen LogP contribution is -2.09. The van der Waals surface area contributed by atoms with Crippen molar-refractivity contribution in [3.05, 3.63) is 114 Å². The van der Waals surface area contributed by atoms with Gasteiger partial charge in [0.25, 0.3) is 0 Å². The summed E-state index contributed by atoms with van der Waals surface area (Å²) in [5.74, 6) is 0.391. The minimum atomic E-state index is -4.48. The van der Waals surface area contributed by atoms with Gasteiger partial charge < -0.3 is 5.32 Å². The molecular formula is C29H22F3N5. The first-order valence-corrected chi connectivity index (χ1v) is 11.6. The number of nitrogens with one attached hydrogen (secondary N) is 1. The molecule has 1 unspecified atom stereocenters. The highest BCUT2D eigenvalue weighted by atomic mass is 19.4. The van der Waals surface area contributed by atoms with Crippen molar-refractivity contribution in [2.75, 3.05) is 5.32 Å². The van der Waals surface area contributed by atoms with Crippen LogP contribution in [0.25, 0.3) is 33.8 Å². The van der Waals surface area contributed by atoms with E-state index in [2.05, 4.69) is 25.5 Å². The number of aromatic nitrogens is 4. The van der Waals surface area contributed by atoms with E-state index in [0.717, 1.165) is 23.3 Å². The van der Waals surface area contributed by atoms with Gasteiger partial charge in [0, 0.05) is 22.9 Å². The third kappa shape index (κ3) is 5.48. The summed E-state index contributed by atoms with van der Waals surface area (Å²) in [5.41, 5.74) is 3.37. The number of hydrogen-bond donors (Lipinski definition) is 1. The topological polar surface area (TPSA) is 63.6 Å². The summed E-state index contributed by atoms with van der Waals surface area (Å²) in [4.78, 5) is 9.04. The van der Waals surface area contributed by atoms with Crippen LogP contribution in [0.2, 0.25) is 0 Å². The van der Waals surface area contributed by atoms with E-state index < -0.39 is 11.7 Å². The molecule has 5 rings (SSSR count). The summed E-state index contributed by atoms with van der Waals surface area (Å²) in [7, 11) is 0. The number of rotatable bonds is 6. The van der Waals surface area contributed by atoms with Gasteiger partial charge in [-0.15, -0.1) is 10.2 Å². The molecular weight excluding hydrogens is 475 g/mol. The van der Waals surface area contributed by atoms with Crippen LogP contribution in [0.1, 0.15) is 24.1 Å². The molecule has 8 heteroatoms. The van der Waals surface area contributed by atoms with E-state index in [0.29, 0.717) is 34.2 Å². The monoisotopic (exact) mass is 497 g/mol. The largest absolute Gasteiger partial charge is 0.416 e. The van der Waals surface area contributed by atoms with E-state index in [4.69, 9.17) is 0 Å². The molecule has 2 heterocycles. The SMILES string of the molecule is CC(Nc1nccc(-c2cc(-c3ccccc3)nnc2-c2cccc(C(F)(F)F)c2)n1)c1ccccc1. The zero-order chi connectivity index (χ0) is 25.8. The highest BCUT2D eigenvalue weighted by Crippen LogP contribution is 2.36. The maximum absolute atomic E-state index is 13.4. The van der Waals surface area contributed by atoms with Gasteiger partial charge in [0.05, 0.1) is 23.0 Å². The van der Waals surface area contributed by atoms with Crippen LogP contribution in [0.3, 0.4) is 0 Å². The summed E-state index contributed by atoms with van der Waals surface area (Å²) in [6.07, 6.45) is -2.87. The van der Waals surface area contributed by atoms with Crippen LogP contribution < -0.4 is 5.32 Å². The lowest BCUT2D eigenvalue weighted by atomic mass is 10.00. The fourth-order valence-corrected chi connectivity index (χ4v) is 3.99. The molecule has 3 aromatic carbocycles. The summed E-state index contributed by atoms with van der Waals surface area (Å²) in [5, 5.41) is 12.0. The number of halogens is 3. The van der Waals surface area contributed by atoms with E-state index in [1.807, 2.05) is 67.6 Å². The van der Waals surface area contributed by atoms with Gasteiger partial charge in [0.2, 0.25) is 5.95 Å². The van der Waals surface area contributed by atoms with Crippen LogP contribution in [-0.4, -0.2) is 20.2 Å². The molecule has 5 aromatic rings. The summed E-state index contributed by atoms with van der Waals surface area (Å²) < 4.78 is 40.3. The van der Waals surface area contributed by atoms with Crippen LogP contribution >= 0.6 is 0 Å². The van der Waals surface area contributed by atoms with E-state index in [-0.39, 0.29) is 6.04 Å². The predicted octanol–water partition coefficient (Wildman–Crippen LogP) is 7.46. The highest BCUT2D eigenvalue weighted by Gasteiger charge is 2.31. The third-order valence-corrected chi connectivity index (χ3v) is 5.90.